The van der Waals surface area contributed by atoms with Crippen LogP contribution in [0.3, 0.4) is 0 Å². The summed E-state index contributed by atoms with van der Waals surface area (Å²) >= 11 is 0. The van der Waals surface area contributed by atoms with Gasteiger partial charge in [0.05, 0.1) is 6.04 Å². The first kappa shape index (κ1) is 14.5. The van der Waals surface area contributed by atoms with Gasteiger partial charge in [0.15, 0.2) is 11.5 Å². The molecule has 0 radical (unpaired) electrons. The second-order valence-electron chi connectivity index (χ2n) is 5.81. The number of hydrogen-bond acceptors (Lipinski definition) is 4. The standard InChI is InChI=1S/C17H20N4O/c1-11-5-6-12(2)13(10-11)14-4-3-9-21(14)17(22)15-16(18)20-8-7-19-15/h5-8,10,14H,3-4,9H2,1-2H3,(H2,18,20)/t14-/m1/s1. The molecule has 1 atom stereocenters. The lowest BCUT2D eigenvalue weighted by Gasteiger charge is -2.26. The van der Waals surface area contributed by atoms with Crippen molar-refractivity contribution in [3.8, 4) is 0 Å². The average molecular weight is 296 g/mol. The van der Waals surface area contributed by atoms with Crippen molar-refractivity contribution in [1.29, 1.82) is 0 Å². The van der Waals surface area contributed by atoms with Crippen LogP contribution in [-0.2, 0) is 0 Å². The number of amides is 1. The summed E-state index contributed by atoms with van der Waals surface area (Å²) in [6, 6.07) is 6.47. The first-order valence-corrected chi connectivity index (χ1v) is 7.52. The summed E-state index contributed by atoms with van der Waals surface area (Å²) < 4.78 is 0. The van der Waals surface area contributed by atoms with E-state index >= 15 is 0 Å². The molecule has 114 valence electrons. The van der Waals surface area contributed by atoms with E-state index in [1.807, 2.05) is 4.90 Å². The van der Waals surface area contributed by atoms with Crippen LogP contribution in [-0.4, -0.2) is 27.3 Å². The quantitative estimate of drug-likeness (QED) is 0.924. The molecule has 0 unspecified atom stereocenters. The van der Waals surface area contributed by atoms with Crippen molar-refractivity contribution in [3.63, 3.8) is 0 Å². The van der Waals surface area contributed by atoms with Crippen LogP contribution in [0, 0.1) is 13.8 Å². The summed E-state index contributed by atoms with van der Waals surface area (Å²) in [5.41, 5.74) is 9.69. The third-order valence-corrected chi connectivity index (χ3v) is 4.24. The number of rotatable bonds is 2. The lowest BCUT2D eigenvalue weighted by Crippen LogP contribution is -2.32. The molecule has 1 saturated heterocycles. The summed E-state index contributed by atoms with van der Waals surface area (Å²) in [6.07, 6.45) is 4.96. The van der Waals surface area contributed by atoms with Gasteiger partial charge in [0.2, 0.25) is 0 Å². The zero-order valence-electron chi connectivity index (χ0n) is 12.9. The van der Waals surface area contributed by atoms with E-state index in [-0.39, 0.29) is 23.5 Å². The fourth-order valence-corrected chi connectivity index (χ4v) is 3.10. The number of nitrogens with zero attached hydrogens (tertiary/aromatic N) is 3. The van der Waals surface area contributed by atoms with Gasteiger partial charge in [-0.2, -0.15) is 0 Å². The summed E-state index contributed by atoms with van der Waals surface area (Å²) in [4.78, 5) is 22.7. The summed E-state index contributed by atoms with van der Waals surface area (Å²) in [5, 5.41) is 0. The highest BCUT2D eigenvalue weighted by Crippen LogP contribution is 2.35. The Bertz CT molecular complexity index is 714. The van der Waals surface area contributed by atoms with Gasteiger partial charge < -0.3 is 10.6 Å². The van der Waals surface area contributed by atoms with Gasteiger partial charge in [0.1, 0.15) is 0 Å². The van der Waals surface area contributed by atoms with Gasteiger partial charge >= 0.3 is 0 Å². The number of aromatic nitrogens is 2. The topological polar surface area (TPSA) is 72.1 Å². The minimum absolute atomic E-state index is 0.0915. The molecule has 22 heavy (non-hydrogen) atoms. The molecule has 5 nitrogen and oxygen atoms in total. The zero-order valence-corrected chi connectivity index (χ0v) is 12.9. The predicted molar refractivity (Wildman–Crippen MR) is 85.4 cm³/mol. The van der Waals surface area contributed by atoms with E-state index in [9.17, 15) is 4.79 Å². The number of aryl methyl sites for hydroxylation is 2. The van der Waals surface area contributed by atoms with Gasteiger partial charge in [0, 0.05) is 18.9 Å². The van der Waals surface area contributed by atoms with Gasteiger partial charge in [-0.15, -0.1) is 0 Å². The van der Waals surface area contributed by atoms with Crippen LogP contribution < -0.4 is 5.73 Å². The first-order chi connectivity index (χ1) is 10.6. The molecular formula is C17H20N4O. The number of hydrogen-bond donors (Lipinski definition) is 1. The Balaban J connectivity index is 1.95. The van der Waals surface area contributed by atoms with Crippen molar-refractivity contribution >= 4 is 11.7 Å². The van der Waals surface area contributed by atoms with Crippen LogP contribution >= 0.6 is 0 Å². The second-order valence-corrected chi connectivity index (χ2v) is 5.81. The van der Waals surface area contributed by atoms with Crippen molar-refractivity contribution in [2.45, 2.75) is 32.7 Å². The number of likely N-dealkylation sites (tertiary alicyclic amines) is 1. The monoisotopic (exact) mass is 296 g/mol. The van der Waals surface area contributed by atoms with E-state index < -0.39 is 0 Å². The molecule has 5 heteroatoms. The number of nitrogen functional groups attached to an aromatic ring is 1. The minimum atomic E-state index is -0.131. The zero-order chi connectivity index (χ0) is 15.7. The Morgan fingerprint density at radius 2 is 2.05 bits per heavy atom. The van der Waals surface area contributed by atoms with Crippen molar-refractivity contribution in [2.24, 2.45) is 0 Å². The third-order valence-electron chi connectivity index (χ3n) is 4.24. The van der Waals surface area contributed by atoms with Crippen LogP contribution in [0.15, 0.2) is 30.6 Å². The summed E-state index contributed by atoms with van der Waals surface area (Å²) in [7, 11) is 0. The van der Waals surface area contributed by atoms with Crippen molar-refractivity contribution in [1.82, 2.24) is 14.9 Å². The molecule has 1 aliphatic heterocycles. The van der Waals surface area contributed by atoms with Gasteiger partial charge in [-0.05, 0) is 37.8 Å². The fourth-order valence-electron chi connectivity index (χ4n) is 3.10. The lowest BCUT2D eigenvalue weighted by molar-refractivity contribution is 0.0730. The lowest BCUT2D eigenvalue weighted by atomic mass is 9.97. The maximum atomic E-state index is 12.8. The van der Waals surface area contributed by atoms with Gasteiger partial charge in [-0.3, -0.25) is 4.79 Å². The van der Waals surface area contributed by atoms with E-state index in [4.69, 9.17) is 5.73 Å². The Labute approximate surface area is 130 Å². The number of benzene rings is 1. The van der Waals surface area contributed by atoms with Crippen LogP contribution in [0.25, 0.3) is 0 Å². The first-order valence-electron chi connectivity index (χ1n) is 7.52. The molecule has 2 N–H and O–H groups in total. The van der Waals surface area contributed by atoms with Crippen LogP contribution in [0.2, 0.25) is 0 Å². The molecule has 0 saturated carbocycles. The summed E-state index contributed by atoms with van der Waals surface area (Å²) in [6.45, 7) is 4.89. The van der Waals surface area contributed by atoms with Gasteiger partial charge in [0.25, 0.3) is 5.91 Å². The number of carbonyl (C=O) groups excluding carboxylic acids is 1. The van der Waals surface area contributed by atoms with E-state index in [0.29, 0.717) is 0 Å². The van der Waals surface area contributed by atoms with Crippen LogP contribution in [0.4, 0.5) is 5.82 Å². The molecule has 1 amide bonds. The molecule has 1 aliphatic rings. The van der Waals surface area contributed by atoms with Crippen LogP contribution in [0.5, 0.6) is 0 Å². The Morgan fingerprint density at radius 3 is 2.82 bits per heavy atom. The Kier molecular flexibility index (Phi) is 3.79. The average Bonchev–Trinajstić information content (AvgIpc) is 2.99. The highest BCUT2D eigenvalue weighted by molar-refractivity contribution is 5.96. The van der Waals surface area contributed by atoms with Crippen LogP contribution in [0.1, 0.15) is 46.1 Å². The molecule has 0 aliphatic carbocycles. The van der Waals surface area contributed by atoms with E-state index in [0.717, 1.165) is 19.4 Å². The molecule has 1 fully saturated rings. The molecule has 2 aromatic rings. The van der Waals surface area contributed by atoms with Gasteiger partial charge in [-0.25, -0.2) is 9.97 Å². The number of nitrogens with two attached hydrogens (primary N) is 1. The normalized spacial score (nSPS) is 17.7. The largest absolute Gasteiger partial charge is 0.382 e. The van der Waals surface area contributed by atoms with E-state index in [1.165, 1.54) is 29.1 Å². The minimum Gasteiger partial charge on any atom is -0.382 e. The smallest absolute Gasteiger partial charge is 0.276 e. The highest BCUT2D eigenvalue weighted by Gasteiger charge is 2.33. The number of carbonyl (C=O) groups is 1. The fraction of sp³-hybridized carbons (Fsp3) is 0.353. The molecular weight excluding hydrogens is 276 g/mol. The van der Waals surface area contributed by atoms with Crippen molar-refractivity contribution in [3.05, 3.63) is 53.0 Å². The SMILES string of the molecule is Cc1ccc(C)c([C@H]2CCCN2C(=O)c2nccnc2N)c1. The predicted octanol–water partition coefficient (Wildman–Crippen LogP) is 2.65. The molecule has 0 bridgehead atoms. The molecule has 1 aromatic heterocycles. The molecule has 3 rings (SSSR count). The third kappa shape index (κ3) is 2.54. The van der Waals surface area contributed by atoms with E-state index in [1.54, 1.807) is 0 Å². The molecule has 2 heterocycles. The number of anilines is 1. The molecule has 0 spiro atoms. The van der Waals surface area contributed by atoms with E-state index in [2.05, 4.69) is 42.0 Å². The van der Waals surface area contributed by atoms with Crippen molar-refractivity contribution in [2.75, 3.05) is 12.3 Å². The van der Waals surface area contributed by atoms with Gasteiger partial charge in [-0.1, -0.05) is 23.8 Å². The maximum Gasteiger partial charge on any atom is 0.276 e. The Hall–Kier alpha value is -2.43. The second kappa shape index (κ2) is 5.75. The summed E-state index contributed by atoms with van der Waals surface area (Å²) in [5.74, 6) is 0.0631. The molecule has 1 aromatic carbocycles. The maximum absolute atomic E-state index is 12.8. The Morgan fingerprint density at radius 1 is 1.27 bits per heavy atom. The van der Waals surface area contributed by atoms with Crippen molar-refractivity contribution < 1.29 is 4.79 Å². The highest BCUT2D eigenvalue weighted by atomic mass is 16.2.